The number of aromatic nitrogens is 4. The van der Waals surface area contributed by atoms with E-state index >= 15 is 0 Å². The maximum absolute atomic E-state index is 12.4. The molecule has 3 aromatic rings. The van der Waals surface area contributed by atoms with Crippen molar-refractivity contribution in [2.24, 2.45) is 0 Å². The van der Waals surface area contributed by atoms with Crippen LogP contribution in [0.3, 0.4) is 0 Å². The molecule has 176 valence electrons. The van der Waals surface area contributed by atoms with Crippen molar-refractivity contribution >= 4 is 35.5 Å². The maximum Gasteiger partial charge on any atom is 0.251 e. The lowest BCUT2D eigenvalue weighted by molar-refractivity contribution is 0.0951. The van der Waals surface area contributed by atoms with E-state index in [-0.39, 0.29) is 5.91 Å². The van der Waals surface area contributed by atoms with Crippen LogP contribution in [-0.2, 0) is 0 Å². The molecule has 1 aliphatic heterocycles. The third-order valence-corrected chi connectivity index (χ3v) is 6.01. The minimum Gasteiger partial charge on any atom is -0.354 e. The quantitative estimate of drug-likeness (QED) is 0.500. The summed E-state index contributed by atoms with van der Waals surface area (Å²) in [5.41, 5.74) is 2.56. The van der Waals surface area contributed by atoms with E-state index in [0.29, 0.717) is 29.1 Å². The predicted molar refractivity (Wildman–Crippen MR) is 134 cm³/mol. The first kappa shape index (κ1) is 22.1. The Morgan fingerprint density at radius 1 is 1.06 bits per heavy atom. The molecule has 9 nitrogen and oxygen atoms in total. The number of nitrogens with one attached hydrogen (secondary N) is 3. The van der Waals surface area contributed by atoms with Crippen molar-refractivity contribution in [3.8, 4) is 0 Å². The standard InChI is InChI=1S/C25H30N8O/c1-17-14-23(31-30-17)28-22-16-24(33-12-10-32(2)11-13-33)29-21(27-22)9-6-18-4-3-5-19(15-18)25(34)26-20-7-8-20/h3-6,9,14-16,20H,7-8,10-13H2,1-2H3,(H,26,34)(H2,27,28,29,30,31). The molecule has 2 aromatic heterocycles. The molecule has 34 heavy (non-hydrogen) atoms. The van der Waals surface area contributed by atoms with Gasteiger partial charge in [0.05, 0.1) is 0 Å². The molecule has 1 amide bonds. The minimum absolute atomic E-state index is 0.0214. The number of nitrogens with zero attached hydrogens (tertiary/aromatic N) is 5. The van der Waals surface area contributed by atoms with Gasteiger partial charge in [0.25, 0.3) is 5.91 Å². The number of anilines is 3. The molecule has 0 spiro atoms. The van der Waals surface area contributed by atoms with Gasteiger partial charge in [0, 0.05) is 55.6 Å². The fraction of sp³-hybridized carbons (Fsp3) is 0.360. The van der Waals surface area contributed by atoms with Gasteiger partial charge >= 0.3 is 0 Å². The van der Waals surface area contributed by atoms with Crippen molar-refractivity contribution in [1.82, 2.24) is 30.4 Å². The maximum atomic E-state index is 12.4. The van der Waals surface area contributed by atoms with Gasteiger partial charge in [0.2, 0.25) is 0 Å². The topological polar surface area (TPSA) is 102 Å². The van der Waals surface area contributed by atoms with Crippen molar-refractivity contribution in [2.45, 2.75) is 25.8 Å². The molecule has 0 radical (unpaired) electrons. The van der Waals surface area contributed by atoms with Crippen LogP contribution in [0, 0.1) is 6.92 Å². The van der Waals surface area contributed by atoms with E-state index in [1.165, 1.54) is 0 Å². The molecule has 1 aromatic carbocycles. The fourth-order valence-electron chi connectivity index (χ4n) is 3.85. The summed E-state index contributed by atoms with van der Waals surface area (Å²) in [6, 6.07) is 11.8. The van der Waals surface area contributed by atoms with E-state index in [9.17, 15) is 4.79 Å². The smallest absolute Gasteiger partial charge is 0.251 e. The van der Waals surface area contributed by atoms with Crippen LogP contribution in [0.15, 0.2) is 36.4 Å². The lowest BCUT2D eigenvalue weighted by Crippen LogP contribution is -2.44. The van der Waals surface area contributed by atoms with E-state index < -0.39 is 0 Å². The number of hydrogen-bond acceptors (Lipinski definition) is 7. The molecule has 1 saturated heterocycles. The first-order chi connectivity index (χ1) is 16.5. The molecule has 9 heteroatoms. The number of rotatable bonds is 7. The third-order valence-electron chi connectivity index (χ3n) is 6.01. The SMILES string of the molecule is Cc1cc(Nc2cc(N3CCN(C)CC3)nc(C=Cc3cccc(C(=O)NC4CC4)c3)n2)n[nH]1. The zero-order chi connectivity index (χ0) is 23.5. The molecule has 3 N–H and O–H groups in total. The molecule has 3 heterocycles. The van der Waals surface area contributed by atoms with Gasteiger partial charge in [-0.15, -0.1) is 0 Å². The summed E-state index contributed by atoms with van der Waals surface area (Å²) in [5.74, 6) is 2.86. The fourth-order valence-corrected chi connectivity index (χ4v) is 3.85. The number of carbonyl (C=O) groups is 1. The second-order valence-electron chi connectivity index (χ2n) is 9.03. The summed E-state index contributed by atoms with van der Waals surface area (Å²) in [7, 11) is 2.14. The van der Waals surface area contributed by atoms with E-state index in [1.807, 2.05) is 55.5 Å². The van der Waals surface area contributed by atoms with Crippen LogP contribution in [0.1, 0.15) is 40.3 Å². The first-order valence-corrected chi connectivity index (χ1v) is 11.7. The Kier molecular flexibility index (Phi) is 6.27. The number of hydrogen-bond donors (Lipinski definition) is 3. The molecule has 1 saturated carbocycles. The second-order valence-corrected chi connectivity index (χ2v) is 9.03. The molecular formula is C25H30N8O. The Balaban J connectivity index is 1.39. The summed E-state index contributed by atoms with van der Waals surface area (Å²) >= 11 is 0. The molecule has 1 aliphatic carbocycles. The van der Waals surface area contributed by atoms with Gasteiger partial charge in [-0.25, -0.2) is 9.97 Å². The highest BCUT2D eigenvalue weighted by atomic mass is 16.1. The average molecular weight is 459 g/mol. The first-order valence-electron chi connectivity index (χ1n) is 11.7. The number of amides is 1. The zero-order valence-electron chi connectivity index (χ0n) is 19.6. The molecule has 0 atom stereocenters. The van der Waals surface area contributed by atoms with Crippen molar-refractivity contribution in [3.63, 3.8) is 0 Å². The van der Waals surface area contributed by atoms with E-state index in [1.54, 1.807) is 0 Å². The van der Waals surface area contributed by atoms with Crippen LogP contribution < -0.4 is 15.5 Å². The number of piperazine rings is 1. The van der Waals surface area contributed by atoms with Gasteiger partial charge in [-0.2, -0.15) is 5.10 Å². The highest BCUT2D eigenvalue weighted by Gasteiger charge is 2.23. The lowest BCUT2D eigenvalue weighted by Gasteiger charge is -2.33. The Morgan fingerprint density at radius 2 is 1.88 bits per heavy atom. The molecular weight excluding hydrogens is 428 g/mol. The number of aromatic amines is 1. The second kappa shape index (κ2) is 9.64. The van der Waals surface area contributed by atoms with Crippen LogP contribution in [0.5, 0.6) is 0 Å². The van der Waals surface area contributed by atoms with E-state index in [2.05, 4.69) is 42.7 Å². The molecule has 0 bridgehead atoms. The van der Waals surface area contributed by atoms with E-state index in [4.69, 9.17) is 4.98 Å². The van der Waals surface area contributed by atoms with Crippen molar-refractivity contribution in [1.29, 1.82) is 0 Å². The Morgan fingerprint density at radius 3 is 2.62 bits per heavy atom. The summed E-state index contributed by atoms with van der Waals surface area (Å²) in [6.45, 7) is 5.77. The van der Waals surface area contributed by atoms with Gasteiger partial charge in [-0.05, 0) is 50.6 Å². The van der Waals surface area contributed by atoms with Gasteiger partial charge < -0.3 is 20.4 Å². The summed E-state index contributed by atoms with van der Waals surface area (Å²) in [5, 5.41) is 13.5. The van der Waals surface area contributed by atoms with Crippen molar-refractivity contribution < 1.29 is 4.79 Å². The molecule has 2 fully saturated rings. The number of H-pyrrole nitrogens is 1. The largest absolute Gasteiger partial charge is 0.354 e. The Bertz CT molecular complexity index is 1190. The number of carbonyl (C=O) groups excluding carboxylic acids is 1. The minimum atomic E-state index is -0.0214. The number of aryl methyl sites for hydroxylation is 1. The van der Waals surface area contributed by atoms with Gasteiger partial charge in [-0.3, -0.25) is 9.89 Å². The molecule has 0 unspecified atom stereocenters. The van der Waals surface area contributed by atoms with Crippen LogP contribution in [0.4, 0.5) is 17.5 Å². The highest BCUT2D eigenvalue weighted by molar-refractivity contribution is 5.95. The van der Waals surface area contributed by atoms with Crippen molar-refractivity contribution in [2.75, 3.05) is 43.4 Å². The summed E-state index contributed by atoms with van der Waals surface area (Å²) in [4.78, 5) is 26.5. The van der Waals surface area contributed by atoms with Crippen LogP contribution in [0.2, 0.25) is 0 Å². The van der Waals surface area contributed by atoms with Crippen molar-refractivity contribution in [3.05, 3.63) is 59.0 Å². The zero-order valence-corrected chi connectivity index (χ0v) is 19.6. The molecule has 5 rings (SSSR count). The van der Waals surface area contributed by atoms with Crippen LogP contribution in [0.25, 0.3) is 12.2 Å². The third kappa shape index (κ3) is 5.60. The van der Waals surface area contributed by atoms with E-state index in [0.717, 1.165) is 56.1 Å². The van der Waals surface area contributed by atoms with Gasteiger partial charge in [0.15, 0.2) is 11.6 Å². The Labute approximate surface area is 199 Å². The number of benzene rings is 1. The normalized spacial score (nSPS) is 16.7. The highest BCUT2D eigenvalue weighted by Crippen LogP contribution is 2.22. The Hall–Kier alpha value is -3.72. The predicted octanol–water partition coefficient (Wildman–Crippen LogP) is 3.07. The number of likely N-dealkylation sites (N-methyl/N-ethyl adjacent to an activating group) is 1. The summed E-state index contributed by atoms with van der Waals surface area (Å²) in [6.07, 6.45) is 5.97. The molecule has 2 aliphatic rings. The summed E-state index contributed by atoms with van der Waals surface area (Å²) < 4.78 is 0. The van der Waals surface area contributed by atoms with Crippen LogP contribution >= 0.6 is 0 Å². The monoisotopic (exact) mass is 458 g/mol. The van der Waals surface area contributed by atoms with Crippen LogP contribution in [-0.4, -0.2) is 70.2 Å². The van der Waals surface area contributed by atoms with Gasteiger partial charge in [0.1, 0.15) is 11.6 Å². The average Bonchev–Trinajstić information content (AvgIpc) is 3.56. The lowest BCUT2D eigenvalue weighted by atomic mass is 10.1. The van der Waals surface area contributed by atoms with Gasteiger partial charge in [-0.1, -0.05) is 18.2 Å².